The molecule has 1 aromatic carbocycles. The molecule has 0 unspecified atom stereocenters. The smallest absolute Gasteiger partial charge is 0.238 e. The molecule has 0 aromatic heterocycles. The summed E-state index contributed by atoms with van der Waals surface area (Å²) in [5, 5.41) is 8.28. The van der Waals surface area contributed by atoms with Crippen LogP contribution in [0.3, 0.4) is 0 Å². The number of piperidine rings is 1. The van der Waals surface area contributed by atoms with Crippen molar-refractivity contribution in [3.05, 3.63) is 24.3 Å². The molecule has 130 valence electrons. The Hall–Kier alpha value is -1.15. The number of hydrogen-bond donors (Lipinski definition) is 2. The van der Waals surface area contributed by atoms with Crippen LogP contribution in [-0.2, 0) is 10.0 Å². The van der Waals surface area contributed by atoms with E-state index >= 15 is 0 Å². The van der Waals surface area contributed by atoms with Crippen molar-refractivity contribution in [1.82, 2.24) is 10.2 Å². The van der Waals surface area contributed by atoms with Crippen LogP contribution in [0.15, 0.2) is 29.2 Å². The van der Waals surface area contributed by atoms with Gasteiger partial charge in [-0.3, -0.25) is 4.90 Å². The molecule has 6 nitrogen and oxygen atoms in total. The number of likely N-dealkylation sites (tertiary alicyclic amines) is 1. The fourth-order valence-corrected chi connectivity index (χ4v) is 3.38. The predicted molar refractivity (Wildman–Crippen MR) is 91.0 cm³/mol. The fraction of sp³-hybridized carbons (Fsp3) is 0.625. The highest BCUT2D eigenvalue weighted by atomic mass is 32.2. The Labute approximate surface area is 139 Å². The van der Waals surface area contributed by atoms with E-state index in [1.54, 1.807) is 12.1 Å². The molecule has 1 aliphatic rings. The number of hydrogen-bond acceptors (Lipinski definition) is 5. The van der Waals surface area contributed by atoms with E-state index < -0.39 is 10.0 Å². The van der Waals surface area contributed by atoms with Gasteiger partial charge in [-0.25, -0.2) is 13.6 Å². The van der Waals surface area contributed by atoms with E-state index in [4.69, 9.17) is 9.88 Å². The molecule has 1 heterocycles. The van der Waals surface area contributed by atoms with Crippen LogP contribution in [0.1, 0.15) is 19.3 Å². The zero-order valence-corrected chi connectivity index (χ0v) is 14.5. The van der Waals surface area contributed by atoms with Gasteiger partial charge in [0.25, 0.3) is 0 Å². The fourth-order valence-electron chi connectivity index (χ4n) is 2.87. The summed E-state index contributed by atoms with van der Waals surface area (Å²) in [7, 11) is -1.64. The SMILES string of the molecule is CNCCC1CCN(CCOc2ccc(S(N)(=O)=O)cc2)CC1. The number of sulfonamides is 1. The zero-order valence-electron chi connectivity index (χ0n) is 13.7. The molecule has 0 saturated carbocycles. The number of primary sulfonamides is 1. The third-order valence-electron chi connectivity index (χ3n) is 4.34. The van der Waals surface area contributed by atoms with Crippen molar-refractivity contribution in [2.75, 3.05) is 39.8 Å². The largest absolute Gasteiger partial charge is 0.492 e. The molecule has 1 aliphatic heterocycles. The molecule has 1 saturated heterocycles. The second-order valence-electron chi connectivity index (χ2n) is 6.04. The van der Waals surface area contributed by atoms with Gasteiger partial charge in [-0.2, -0.15) is 0 Å². The van der Waals surface area contributed by atoms with Crippen LogP contribution in [0.25, 0.3) is 0 Å². The van der Waals surface area contributed by atoms with Crippen LogP contribution >= 0.6 is 0 Å². The van der Waals surface area contributed by atoms with Crippen molar-refractivity contribution in [1.29, 1.82) is 0 Å². The Balaban J connectivity index is 1.68. The average molecular weight is 341 g/mol. The maximum absolute atomic E-state index is 11.2. The molecule has 7 heteroatoms. The first-order valence-electron chi connectivity index (χ1n) is 8.11. The molecule has 3 N–H and O–H groups in total. The number of ether oxygens (including phenoxy) is 1. The minimum absolute atomic E-state index is 0.105. The van der Waals surface area contributed by atoms with Gasteiger partial charge < -0.3 is 10.1 Å². The molecule has 23 heavy (non-hydrogen) atoms. The number of nitrogens with one attached hydrogen (secondary N) is 1. The number of rotatable bonds is 8. The van der Waals surface area contributed by atoms with Gasteiger partial charge in [0.2, 0.25) is 10.0 Å². The van der Waals surface area contributed by atoms with Crippen LogP contribution in [0, 0.1) is 5.92 Å². The second kappa shape index (κ2) is 8.63. The monoisotopic (exact) mass is 341 g/mol. The molecule has 0 radical (unpaired) electrons. The third kappa shape index (κ3) is 6.10. The Morgan fingerprint density at radius 2 is 1.91 bits per heavy atom. The maximum Gasteiger partial charge on any atom is 0.238 e. The van der Waals surface area contributed by atoms with Gasteiger partial charge in [0.05, 0.1) is 4.90 Å². The van der Waals surface area contributed by atoms with Crippen LogP contribution in [0.5, 0.6) is 5.75 Å². The summed E-state index contributed by atoms with van der Waals surface area (Å²) in [5.41, 5.74) is 0. The third-order valence-corrected chi connectivity index (χ3v) is 5.27. The van der Waals surface area contributed by atoms with Gasteiger partial charge in [0.15, 0.2) is 0 Å². The quantitative estimate of drug-likeness (QED) is 0.738. The molecular formula is C16H27N3O3S. The second-order valence-corrected chi connectivity index (χ2v) is 7.60. The van der Waals surface area contributed by atoms with Gasteiger partial charge in [-0.1, -0.05) is 0 Å². The highest BCUT2D eigenvalue weighted by Gasteiger charge is 2.18. The van der Waals surface area contributed by atoms with E-state index in [0.29, 0.717) is 12.4 Å². The van der Waals surface area contributed by atoms with E-state index in [1.807, 2.05) is 7.05 Å². The molecule has 0 atom stereocenters. The molecule has 1 aromatic rings. The first-order valence-corrected chi connectivity index (χ1v) is 9.66. The van der Waals surface area contributed by atoms with Crippen molar-refractivity contribution in [3.63, 3.8) is 0 Å². The van der Waals surface area contributed by atoms with E-state index in [1.165, 1.54) is 31.4 Å². The predicted octanol–water partition coefficient (Wildman–Crippen LogP) is 1.03. The summed E-state index contributed by atoms with van der Waals surface area (Å²) < 4.78 is 28.0. The minimum atomic E-state index is -3.64. The van der Waals surface area contributed by atoms with Crippen molar-refractivity contribution >= 4 is 10.0 Å². The van der Waals surface area contributed by atoms with Crippen LogP contribution < -0.4 is 15.2 Å². The standard InChI is InChI=1S/C16H27N3O3S/c1-18-9-6-14-7-10-19(11-8-14)12-13-22-15-2-4-16(5-3-15)23(17,20)21/h2-5,14,18H,6-13H2,1H3,(H2,17,20,21). The summed E-state index contributed by atoms with van der Waals surface area (Å²) in [6, 6.07) is 6.23. The molecule has 1 fully saturated rings. The van der Waals surface area contributed by atoms with E-state index in [9.17, 15) is 8.42 Å². The lowest BCUT2D eigenvalue weighted by molar-refractivity contribution is 0.151. The average Bonchev–Trinajstić information content (AvgIpc) is 2.54. The topological polar surface area (TPSA) is 84.7 Å². The molecule has 0 aliphatic carbocycles. The lowest BCUT2D eigenvalue weighted by Gasteiger charge is -2.31. The Kier molecular flexibility index (Phi) is 6.83. The lowest BCUT2D eigenvalue weighted by atomic mass is 9.93. The molecular weight excluding hydrogens is 314 g/mol. The Morgan fingerprint density at radius 3 is 2.48 bits per heavy atom. The highest BCUT2D eigenvalue weighted by Crippen LogP contribution is 2.20. The Bertz CT molecular complexity index is 567. The summed E-state index contributed by atoms with van der Waals surface area (Å²) in [4.78, 5) is 2.53. The maximum atomic E-state index is 11.2. The molecule has 0 amide bonds. The van der Waals surface area contributed by atoms with Gasteiger partial charge in [0.1, 0.15) is 12.4 Å². The Morgan fingerprint density at radius 1 is 1.26 bits per heavy atom. The van der Waals surface area contributed by atoms with E-state index in [0.717, 1.165) is 32.1 Å². The molecule has 0 bridgehead atoms. The minimum Gasteiger partial charge on any atom is -0.492 e. The highest BCUT2D eigenvalue weighted by molar-refractivity contribution is 7.89. The van der Waals surface area contributed by atoms with Gasteiger partial charge >= 0.3 is 0 Å². The molecule has 2 rings (SSSR count). The summed E-state index contributed by atoms with van der Waals surface area (Å²) in [5.74, 6) is 1.51. The lowest BCUT2D eigenvalue weighted by Crippen LogP contribution is -2.37. The zero-order chi connectivity index (χ0) is 16.7. The normalized spacial score (nSPS) is 17.3. The van der Waals surface area contributed by atoms with E-state index in [-0.39, 0.29) is 4.90 Å². The van der Waals surface area contributed by atoms with Crippen molar-refractivity contribution in [2.45, 2.75) is 24.2 Å². The first-order chi connectivity index (χ1) is 11.0. The van der Waals surface area contributed by atoms with Crippen LogP contribution in [0.4, 0.5) is 0 Å². The van der Waals surface area contributed by atoms with E-state index in [2.05, 4.69) is 10.2 Å². The number of nitrogens with two attached hydrogens (primary N) is 1. The van der Waals surface area contributed by atoms with Crippen LogP contribution in [-0.4, -0.2) is 53.2 Å². The molecule has 0 spiro atoms. The van der Waals surface area contributed by atoms with Crippen LogP contribution in [0.2, 0.25) is 0 Å². The summed E-state index contributed by atoms with van der Waals surface area (Å²) in [6.45, 7) is 4.86. The number of nitrogens with zero attached hydrogens (tertiary/aromatic N) is 1. The number of benzene rings is 1. The van der Waals surface area contributed by atoms with Crippen molar-refractivity contribution < 1.29 is 13.2 Å². The first kappa shape index (κ1) is 18.2. The summed E-state index contributed by atoms with van der Waals surface area (Å²) >= 11 is 0. The van der Waals surface area contributed by atoms with Gasteiger partial charge in [0, 0.05) is 6.54 Å². The van der Waals surface area contributed by atoms with Gasteiger partial charge in [-0.15, -0.1) is 0 Å². The van der Waals surface area contributed by atoms with Crippen molar-refractivity contribution in [3.8, 4) is 5.75 Å². The van der Waals surface area contributed by atoms with Gasteiger partial charge in [-0.05, 0) is 76.1 Å². The summed E-state index contributed by atoms with van der Waals surface area (Å²) in [6.07, 6.45) is 3.77. The van der Waals surface area contributed by atoms with Crippen molar-refractivity contribution in [2.24, 2.45) is 11.1 Å².